The predicted molar refractivity (Wildman–Crippen MR) is 117 cm³/mol. The van der Waals surface area contributed by atoms with Crippen molar-refractivity contribution < 1.29 is 0 Å². The monoisotopic (exact) mass is 412 g/mol. The predicted octanol–water partition coefficient (Wildman–Crippen LogP) is 7.47. The summed E-state index contributed by atoms with van der Waals surface area (Å²) in [6.45, 7) is 2.36. The van der Waals surface area contributed by atoms with Crippen LogP contribution in [0.1, 0.15) is 23.6 Å². The molecule has 0 unspecified atom stereocenters. The van der Waals surface area contributed by atoms with Crippen LogP contribution in [0.4, 0.5) is 0 Å². The maximum atomic E-state index is 4.43. The van der Waals surface area contributed by atoms with Gasteiger partial charge in [-0.3, -0.25) is 0 Å². The molecule has 3 aromatic carbocycles. The molecule has 0 saturated heterocycles. The van der Waals surface area contributed by atoms with Crippen molar-refractivity contribution in [3.63, 3.8) is 0 Å². The molecular formula is C23H26BrP. The third-order valence-electron chi connectivity index (χ3n) is 5.05. The van der Waals surface area contributed by atoms with Gasteiger partial charge in [0, 0.05) is 0 Å². The second kappa shape index (κ2) is 7.85. The fraction of sp³-hybridized carbons (Fsp3) is 0.217. The van der Waals surface area contributed by atoms with E-state index in [9.17, 15) is 0 Å². The van der Waals surface area contributed by atoms with Crippen molar-refractivity contribution in [3.8, 4) is 0 Å². The van der Waals surface area contributed by atoms with E-state index in [2.05, 4.69) is 113 Å². The van der Waals surface area contributed by atoms with Crippen molar-refractivity contribution in [2.24, 2.45) is 0 Å². The number of halogens is 1. The van der Waals surface area contributed by atoms with E-state index >= 15 is 0 Å². The van der Waals surface area contributed by atoms with Crippen molar-refractivity contribution in [2.75, 3.05) is 6.16 Å². The summed E-state index contributed by atoms with van der Waals surface area (Å²) in [7, 11) is 0. The summed E-state index contributed by atoms with van der Waals surface area (Å²) < 4.78 is 0. The van der Waals surface area contributed by atoms with Crippen LogP contribution in [-0.4, -0.2) is 6.16 Å². The fourth-order valence-corrected chi connectivity index (χ4v) is 10.6. The van der Waals surface area contributed by atoms with Crippen LogP contribution in [0.15, 0.2) is 91.0 Å². The molecular weight excluding hydrogens is 387 g/mol. The van der Waals surface area contributed by atoms with Gasteiger partial charge in [0.2, 0.25) is 0 Å². The average Bonchev–Trinajstić information content (AvgIpc) is 2.64. The van der Waals surface area contributed by atoms with Crippen LogP contribution in [0.5, 0.6) is 0 Å². The van der Waals surface area contributed by atoms with Crippen LogP contribution >= 0.6 is 20.8 Å². The van der Waals surface area contributed by atoms with Crippen LogP contribution in [0.3, 0.4) is 0 Å². The third-order valence-corrected chi connectivity index (χ3v) is 13.9. The molecule has 3 rings (SSSR count). The Morgan fingerprint density at radius 2 is 0.840 bits per heavy atom. The number of hydrogen-bond acceptors (Lipinski definition) is 0. The average molecular weight is 413 g/mol. The molecule has 130 valence electrons. The van der Waals surface area contributed by atoms with Crippen LogP contribution < -0.4 is 0 Å². The van der Waals surface area contributed by atoms with Gasteiger partial charge in [0.15, 0.2) is 0 Å². The first kappa shape index (κ1) is 18.4. The fourth-order valence-electron chi connectivity index (χ4n) is 3.62. The zero-order valence-electron chi connectivity index (χ0n) is 14.8. The topological polar surface area (TPSA) is 0 Å². The van der Waals surface area contributed by atoms with Gasteiger partial charge in [-0.25, -0.2) is 0 Å². The zero-order chi connectivity index (χ0) is 17.6. The quantitative estimate of drug-likeness (QED) is 0.353. The van der Waals surface area contributed by atoms with E-state index in [1.54, 1.807) is 0 Å². The van der Waals surface area contributed by atoms with Gasteiger partial charge in [0.05, 0.1) is 0 Å². The second-order valence-electron chi connectivity index (χ2n) is 7.07. The van der Waals surface area contributed by atoms with Crippen LogP contribution in [0, 0.1) is 0 Å². The minimum atomic E-state index is -2.18. The summed E-state index contributed by atoms with van der Waals surface area (Å²) in [5, 5.41) is -2.18. The molecule has 0 N–H and O–H groups in total. The summed E-state index contributed by atoms with van der Waals surface area (Å²) in [6.07, 6.45) is 4.58. The zero-order valence-corrected chi connectivity index (χ0v) is 17.3. The number of rotatable bonds is 7. The molecule has 3 aromatic rings. The Kier molecular flexibility index (Phi) is 5.77. The van der Waals surface area contributed by atoms with Gasteiger partial charge >= 0.3 is 160 Å². The summed E-state index contributed by atoms with van der Waals surface area (Å²) in [6, 6.07) is 32.9. The first-order valence-corrected chi connectivity index (χ1v) is 13.9. The van der Waals surface area contributed by atoms with Crippen molar-refractivity contribution >= 4 is 20.8 Å². The summed E-state index contributed by atoms with van der Waals surface area (Å²) in [5.74, 6) is 0. The molecule has 0 nitrogen and oxygen atoms in total. The van der Waals surface area contributed by atoms with Gasteiger partial charge in [-0.15, -0.1) is 0 Å². The molecule has 0 aliphatic carbocycles. The van der Waals surface area contributed by atoms with Gasteiger partial charge in [0.25, 0.3) is 0 Å². The summed E-state index contributed by atoms with van der Waals surface area (Å²) in [4.78, 5) is 0. The van der Waals surface area contributed by atoms with Crippen molar-refractivity contribution in [1.82, 2.24) is 0 Å². The summed E-state index contributed by atoms with van der Waals surface area (Å²) >= 11 is 4.43. The Morgan fingerprint density at radius 1 is 0.560 bits per heavy atom. The Bertz CT molecular complexity index is 680. The Balaban J connectivity index is 2.01. The van der Waals surface area contributed by atoms with Crippen LogP contribution in [-0.2, 0) is 18.5 Å². The van der Waals surface area contributed by atoms with E-state index in [1.165, 1.54) is 22.9 Å². The van der Waals surface area contributed by atoms with Gasteiger partial charge in [-0.05, 0) is 0 Å². The molecule has 0 heterocycles. The van der Waals surface area contributed by atoms with E-state index in [1.807, 2.05) is 0 Å². The van der Waals surface area contributed by atoms with E-state index < -0.39 is 5.31 Å². The van der Waals surface area contributed by atoms with Gasteiger partial charge < -0.3 is 0 Å². The Hall–Kier alpha value is -1.43. The molecule has 0 fully saturated rings. The summed E-state index contributed by atoms with van der Waals surface area (Å²) in [5.41, 5.74) is 4.31. The molecule has 0 aliphatic heterocycles. The van der Waals surface area contributed by atoms with Gasteiger partial charge in [-0.2, -0.15) is 0 Å². The van der Waals surface area contributed by atoms with Crippen LogP contribution in [0.2, 0.25) is 0 Å². The standard InChI is InChI=1S/C23H26BrP/c1-2-25(24,18-21-12-6-3-7-13-21,19-22-14-8-4-9-15-22)20-23-16-10-5-11-17-23/h3-17H,2,18-20H2,1H3. The van der Waals surface area contributed by atoms with Crippen molar-refractivity contribution in [1.29, 1.82) is 0 Å². The molecule has 0 atom stereocenters. The van der Waals surface area contributed by atoms with Crippen molar-refractivity contribution in [2.45, 2.75) is 25.4 Å². The molecule has 0 saturated carbocycles. The first-order valence-electron chi connectivity index (χ1n) is 8.93. The van der Waals surface area contributed by atoms with Gasteiger partial charge in [-0.1, -0.05) is 0 Å². The molecule has 0 spiro atoms. The molecule has 0 radical (unpaired) electrons. The number of hydrogen-bond donors (Lipinski definition) is 0. The van der Waals surface area contributed by atoms with Crippen LogP contribution in [0.25, 0.3) is 0 Å². The van der Waals surface area contributed by atoms with E-state index in [0.717, 1.165) is 18.5 Å². The van der Waals surface area contributed by atoms with E-state index in [0.29, 0.717) is 0 Å². The number of benzene rings is 3. The maximum absolute atomic E-state index is 4.43. The Morgan fingerprint density at radius 3 is 1.08 bits per heavy atom. The normalized spacial score (nSPS) is 13.1. The molecule has 0 aromatic heterocycles. The third kappa shape index (κ3) is 4.81. The molecule has 25 heavy (non-hydrogen) atoms. The van der Waals surface area contributed by atoms with E-state index in [-0.39, 0.29) is 0 Å². The van der Waals surface area contributed by atoms with Crippen molar-refractivity contribution in [3.05, 3.63) is 108 Å². The minimum absolute atomic E-state index is 1.13. The molecule has 2 heteroatoms. The first-order chi connectivity index (χ1) is 12.1. The molecule has 0 aliphatic rings. The Labute approximate surface area is 160 Å². The molecule has 0 bridgehead atoms. The van der Waals surface area contributed by atoms with E-state index in [4.69, 9.17) is 0 Å². The second-order valence-corrected chi connectivity index (χ2v) is 18.3. The van der Waals surface area contributed by atoms with Gasteiger partial charge in [0.1, 0.15) is 0 Å². The molecule has 0 amide bonds. The SMILES string of the molecule is CCP(Br)(Cc1ccccc1)(Cc1ccccc1)Cc1ccccc1.